The van der Waals surface area contributed by atoms with E-state index < -0.39 is 30.0 Å². The number of aliphatic hydroxyl groups excluding tert-OH is 1. The predicted molar refractivity (Wildman–Crippen MR) is 145 cm³/mol. The summed E-state index contributed by atoms with van der Waals surface area (Å²) in [6.07, 6.45) is -0.0254. The molecule has 1 fully saturated rings. The lowest BCUT2D eigenvalue weighted by Gasteiger charge is -2.20. The second-order valence-corrected chi connectivity index (χ2v) is 10.5. The Hall–Kier alpha value is -3.71. The quantitative estimate of drug-likeness (QED) is 0.285. The Bertz CT molecular complexity index is 1410. The number of carbonyl (C=O) groups is 1. The SMILES string of the molecule is CC1=C(C(=O)Nc2cccc(C(F)(F)C3CC3)c2)NC(c2cc(-c3c(C)cccc3C)cc(C(C)O)c2)N1. The van der Waals surface area contributed by atoms with Gasteiger partial charge < -0.3 is 21.1 Å². The predicted octanol–water partition coefficient (Wildman–Crippen LogP) is 6.59. The molecule has 4 N–H and O–H groups in total. The molecule has 38 heavy (non-hydrogen) atoms. The normalized spacial score (nSPS) is 18.1. The summed E-state index contributed by atoms with van der Waals surface area (Å²) >= 11 is 0. The molecule has 5 nitrogen and oxygen atoms in total. The summed E-state index contributed by atoms with van der Waals surface area (Å²) in [6.45, 7) is 7.65. The van der Waals surface area contributed by atoms with E-state index in [9.17, 15) is 18.7 Å². The number of alkyl halides is 2. The highest BCUT2D eigenvalue weighted by atomic mass is 19.3. The van der Waals surface area contributed by atoms with Crippen molar-refractivity contribution in [2.75, 3.05) is 5.32 Å². The van der Waals surface area contributed by atoms with E-state index in [-0.39, 0.29) is 5.56 Å². The van der Waals surface area contributed by atoms with Crippen LogP contribution in [0.15, 0.2) is 72.1 Å². The Balaban J connectivity index is 1.38. The van der Waals surface area contributed by atoms with Gasteiger partial charge in [0, 0.05) is 22.9 Å². The van der Waals surface area contributed by atoms with Gasteiger partial charge in [-0.3, -0.25) is 4.79 Å². The lowest BCUT2D eigenvalue weighted by atomic mass is 9.91. The lowest BCUT2D eigenvalue weighted by molar-refractivity contribution is -0.113. The van der Waals surface area contributed by atoms with Crippen LogP contribution in [-0.2, 0) is 10.7 Å². The zero-order chi connectivity index (χ0) is 27.2. The molecule has 1 saturated carbocycles. The third-order valence-electron chi connectivity index (χ3n) is 7.41. The first-order valence-corrected chi connectivity index (χ1v) is 13.0. The molecule has 2 aliphatic rings. The van der Waals surface area contributed by atoms with Gasteiger partial charge in [-0.2, -0.15) is 0 Å². The summed E-state index contributed by atoms with van der Waals surface area (Å²) in [7, 11) is 0. The van der Waals surface area contributed by atoms with Crippen molar-refractivity contribution in [3.05, 3.63) is 99.9 Å². The van der Waals surface area contributed by atoms with Crippen molar-refractivity contribution in [2.45, 2.75) is 58.7 Å². The Labute approximate surface area is 222 Å². The molecular formula is C31H33F2N3O2. The molecule has 0 saturated heterocycles. The summed E-state index contributed by atoms with van der Waals surface area (Å²) in [4.78, 5) is 13.2. The number of benzene rings is 3. The highest BCUT2D eigenvalue weighted by molar-refractivity contribution is 6.04. The molecule has 1 amide bonds. The van der Waals surface area contributed by atoms with Crippen LogP contribution in [0, 0.1) is 19.8 Å². The standard InChI is InChI=1S/C31H33F2N3O2/c1-17-7-5-8-18(2)27(17)22-13-21(20(4)37)14-23(15-22)29-34-19(3)28(36-29)30(38)35-26-10-6-9-25(16-26)31(32,33)24-11-12-24/h5-10,13-16,20,24,29,34,36-37H,11-12H2,1-4H3,(H,35,38). The number of aryl methyl sites for hydroxylation is 2. The van der Waals surface area contributed by atoms with Crippen LogP contribution in [0.3, 0.4) is 0 Å². The number of amides is 1. The van der Waals surface area contributed by atoms with Crippen LogP contribution in [0.2, 0.25) is 0 Å². The van der Waals surface area contributed by atoms with Gasteiger partial charge in [-0.15, -0.1) is 0 Å². The first-order valence-electron chi connectivity index (χ1n) is 13.0. The summed E-state index contributed by atoms with van der Waals surface area (Å²) in [5, 5.41) is 19.8. The number of nitrogens with one attached hydrogen (secondary N) is 3. The molecule has 5 rings (SSSR count). The van der Waals surface area contributed by atoms with Crippen molar-refractivity contribution in [1.82, 2.24) is 10.6 Å². The van der Waals surface area contributed by atoms with Gasteiger partial charge in [-0.25, -0.2) is 8.78 Å². The number of hydrogen-bond acceptors (Lipinski definition) is 4. The average molecular weight is 518 g/mol. The average Bonchev–Trinajstić information content (AvgIpc) is 3.66. The molecule has 198 valence electrons. The van der Waals surface area contributed by atoms with Crippen LogP contribution in [0.4, 0.5) is 14.5 Å². The molecule has 2 unspecified atom stereocenters. The monoisotopic (exact) mass is 517 g/mol. The first-order chi connectivity index (χ1) is 18.0. The summed E-state index contributed by atoms with van der Waals surface area (Å²) < 4.78 is 29.2. The van der Waals surface area contributed by atoms with Gasteiger partial charge in [0.2, 0.25) is 0 Å². The maximum atomic E-state index is 14.6. The molecule has 7 heteroatoms. The van der Waals surface area contributed by atoms with Crippen LogP contribution < -0.4 is 16.0 Å². The lowest BCUT2D eigenvalue weighted by Crippen LogP contribution is -2.28. The van der Waals surface area contributed by atoms with E-state index in [1.165, 1.54) is 12.1 Å². The number of aliphatic hydroxyl groups is 1. The second-order valence-electron chi connectivity index (χ2n) is 10.5. The zero-order valence-corrected chi connectivity index (χ0v) is 22.0. The fourth-order valence-corrected chi connectivity index (χ4v) is 5.16. The molecule has 1 aliphatic carbocycles. The number of rotatable bonds is 7. The third-order valence-corrected chi connectivity index (χ3v) is 7.41. The molecule has 0 bridgehead atoms. The van der Waals surface area contributed by atoms with Crippen molar-refractivity contribution in [3.63, 3.8) is 0 Å². The van der Waals surface area contributed by atoms with Gasteiger partial charge in [0.15, 0.2) is 0 Å². The van der Waals surface area contributed by atoms with Gasteiger partial charge in [0.1, 0.15) is 11.9 Å². The van der Waals surface area contributed by atoms with Gasteiger partial charge >= 0.3 is 0 Å². The van der Waals surface area contributed by atoms with Gasteiger partial charge in [0.05, 0.1) is 6.10 Å². The maximum Gasteiger partial charge on any atom is 0.276 e. The molecule has 0 spiro atoms. The molecule has 0 radical (unpaired) electrons. The molecule has 1 heterocycles. The minimum Gasteiger partial charge on any atom is -0.389 e. The van der Waals surface area contributed by atoms with Crippen LogP contribution in [-0.4, -0.2) is 11.0 Å². The number of carbonyl (C=O) groups excluding carboxylic acids is 1. The largest absolute Gasteiger partial charge is 0.389 e. The van der Waals surface area contributed by atoms with Crippen molar-refractivity contribution in [3.8, 4) is 11.1 Å². The maximum absolute atomic E-state index is 14.6. The molecule has 3 aromatic carbocycles. The number of halogens is 2. The zero-order valence-electron chi connectivity index (χ0n) is 22.0. The highest BCUT2D eigenvalue weighted by Crippen LogP contribution is 2.50. The van der Waals surface area contributed by atoms with Crippen LogP contribution in [0.5, 0.6) is 0 Å². The van der Waals surface area contributed by atoms with E-state index in [0.29, 0.717) is 29.9 Å². The Morgan fingerprint density at radius 2 is 1.68 bits per heavy atom. The van der Waals surface area contributed by atoms with E-state index in [1.807, 2.05) is 18.2 Å². The van der Waals surface area contributed by atoms with Crippen molar-refractivity contribution >= 4 is 11.6 Å². The summed E-state index contributed by atoms with van der Waals surface area (Å²) in [5.74, 6) is -3.92. The number of allylic oxidation sites excluding steroid dienone is 1. The molecule has 1 aliphatic heterocycles. The van der Waals surface area contributed by atoms with Gasteiger partial charge in [-0.05, 0) is 104 Å². The van der Waals surface area contributed by atoms with E-state index in [1.54, 1.807) is 26.0 Å². The smallest absolute Gasteiger partial charge is 0.276 e. The van der Waals surface area contributed by atoms with Crippen LogP contribution >= 0.6 is 0 Å². The molecule has 2 atom stereocenters. The second kappa shape index (κ2) is 9.87. The Morgan fingerprint density at radius 1 is 1.00 bits per heavy atom. The van der Waals surface area contributed by atoms with E-state index in [2.05, 4.69) is 48.0 Å². The van der Waals surface area contributed by atoms with E-state index in [0.717, 1.165) is 33.4 Å². The number of hydrogen-bond donors (Lipinski definition) is 4. The molecule has 3 aromatic rings. The van der Waals surface area contributed by atoms with E-state index in [4.69, 9.17) is 0 Å². The van der Waals surface area contributed by atoms with Crippen LogP contribution in [0.1, 0.15) is 66.8 Å². The fourth-order valence-electron chi connectivity index (χ4n) is 5.16. The Morgan fingerprint density at radius 3 is 2.34 bits per heavy atom. The third kappa shape index (κ3) is 5.03. The summed E-state index contributed by atoms with van der Waals surface area (Å²) in [5.41, 5.74) is 7.24. The number of anilines is 1. The first kappa shape index (κ1) is 25.9. The molecular weight excluding hydrogens is 484 g/mol. The van der Waals surface area contributed by atoms with Crippen molar-refractivity contribution in [1.29, 1.82) is 0 Å². The Kier molecular flexibility index (Phi) is 6.73. The minimum atomic E-state index is -2.89. The van der Waals surface area contributed by atoms with Crippen LogP contribution in [0.25, 0.3) is 11.1 Å². The summed E-state index contributed by atoms with van der Waals surface area (Å²) in [6, 6.07) is 18.0. The molecule has 0 aromatic heterocycles. The topological polar surface area (TPSA) is 73.4 Å². The minimum absolute atomic E-state index is 0.0761. The van der Waals surface area contributed by atoms with E-state index >= 15 is 0 Å². The van der Waals surface area contributed by atoms with Gasteiger partial charge in [0.25, 0.3) is 11.8 Å². The van der Waals surface area contributed by atoms with Crippen molar-refractivity contribution < 1.29 is 18.7 Å². The highest BCUT2D eigenvalue weighted by Gasteiger charge is 2.48. The van der Waals surface area contributed by atoms with Gasteiger partial charge in [-0.1, -0.05) is 30.3 Å². The van der Waals surface area contributed by atoms with Crippen molar-refractivity contribution in [2.24, 2.45) is 5.92 Å². The fraction of sp³-hybridized carbons (Fsp3) is 0.323.